The third-order valence-corrected chi connectivity index (χ3v) is 5.72. The van der Waals surface area contributed by atoms with Crippen molar-refractivity contribution in [1.29, 1.82) is 0 Å². The largest absolute Gasteiger partial charge is 0.341 e. The van der Waals surface area contributed by atoms with E-state index in [2.05, 4.69) is 18.7 Å². The van der Waals surface area contributed by atoms with Crippen LogP contribution in [0.4, 0.5) is 5.69 Å². The van der Waals surface area contributed by atoms with E-state index < -0.39 is 4.92 Å². The van der Waals surface area contributed by atoms with Crippen LogP contribution in [0.2, 0.25) is 0 Å². The van der Waals surface area contributed by atoms with Gasteiger partial charge in [-0.05, 0) is 39.5 Å². The molecule has 2 aliphatic heterocycles. The number of hydrogen-bond donors (Lipinski definition) is 0. The molecule has 0 N–H and O–H groups in total. The van der Waals surface area contributed by atoms with Gasteiger partial charge in [0, 0.05) is 42.8 Å². The highest BCUT2D eigenvalue weighted by atomic mass is 16.6. The number of rotatable bonds is 4. The Hall–Kier alpha value is -1.95. The quantitative estimate of drug-likeness (QED) is 0.621. The Morgan fingerprint density at radius 2 is 1.88 bits per heavy atom. The van der Waals surface area contributed by atoms with Crippen LogP contribution in [0.1, 0.15) is 45.1 Å². The summed E-state index contributed by atoms with van der Waals surface area (Å²) >= 11 is 0. The number of nitrogens with zero attached hydrogens (tertiary/aromatic N) is 3. The van der Waals surface area contributed by atoms with Crippen LogP contribution in [-0.4, -0.2) is 51.8 Å². The summed E-state index contributed by atoms with van der Waals surface area (Å²) < 4.78 is 0. The van der Waals surface area contributed by atoms with Gasteiger partial charge in [-0.3, -0.25) is 19.8 Å². The molecule has 1 aromatic rings. The Bertz CT molecular complexity index is 639. The summed E-state index contributed by atoms with van der Waals surface area (Å²) in [5.41, 5.74) is 0.536. The maximum atomic E-state index is 12.8. The number of carbonyl (C=O) groups is 1. The highest BCUT2D eigenvalue weighted by molar-refractivity contribution is 5.80. The summed E-state index contributed by atoms with van der Waals surface area (Å²) in [6.45, 7) is 6.05. The summed E-state index contributed by atoms with van der Waals surface area (Å²) in [6, 6.07) is 8.10. The van der Waals surface area contributed by atoms with Gasteiger partial charge in [0.2, 0.25) is 5.91 Å². The molecule has 0 spiro atoms. The van der Waals surface area contributed by atoms with E-state index in [1.165, 1.54) is 18.9 Å². The van der Waals surface area contributed by atoms with Crippen LogP contribution >= 0.6 is 0 Å². The van der Waals surface area contributed by atoms with Crippen molar-refractivity contribution < 1.29 is 9.72 Å². The lowest BCUT2D eigenvalue weighted by atomic mass is 10.0. The molecule has 25 heavy (non-hydrogen) atoms. The molecule has 0 aromatic heterocycles. The number of carbonyl (C=O) groups excluding carboxylic acids is 1. The van der Waals surface area contributed by atoms with E-state index in [-0.39, 0.29) is 18.0 Å². The Morgan fingerprint density at radius 1 is 1.20 bits per heavy atom. The SMILES string of the molecule is C[C@@H]1CC[C@H](C)N1[C@H]1CCCN(C(=O)Cc2ccccc2[N+](=O)[O-])C1. The summed E-state index contributed by atoms with van der Waals surface area (Å²) in [5.74, 6) is -0.00139. The van der Waals surface area contributed by atoms with Crippen LogP contribution in [-0.2, 0) is 11.2 Å². The lowest BCUT2D eigenvalue weighted by Crippen LogP contribution is -2.52. The van der Waals surface area contributed by atoms with Crippen molar-refractivity contribution in [3.05, 3.63) is 39.9 Å². The van der Waals surface area contributed by atoms with E-state index >= 15 is 0 Å². The lowest BCUT2D eigenvalue weighted by Gasteiger charge is -2.41. The summed E-state index contributed by atoms with van der Waals surface area (Å²) in [6.07, 6.45) is 4.69. The number of hydrogen-bond acceptors (Lipinski definition) is 4. The maximum Gasteiger partial charge on any atom is 0.273 e. The Kier molecular flexibility index (Phi) is 5.37. The number of para-hydroxylation sites is 1. The minimum atomic E-state index is -0.408. The molecule has 0 unspecified atom stereocenters. The van der Waals surface area contributed by atoms with Crippen LogP contribution in [0.5, 0.6) is 0 Å². The first-order valence-electron chi connectivity index (χ1n) is 9.25. The molecule has 6 nitrogen and oxygen atoms in total. The van der Waals surface area contributed by atoms with Crippen molar-refractivity contribution in [2.45, 2.75) is 64.1 Å². The average Bonchev–Trinajstić information content (AvgIpc) is 2.94. The molecule has 2 heterocycles. The maximum absolute atomic E-state index is 12.8. The second-order valence-electron chi connectivity index (χ2n) is 7.42. The van der Waals surface area contributed by atoms with Crippen LogP contribution in [0.25, 0.3) is 0 Å². The third kappa shape index (κ3) is 3.84. The molecular formula is C19H27N3O3. The topological polar surface area (TPSA) is 66.7 Å². The first kappa shape index (κ1) is 17.9. The highest BCUT2D eigenvalue weighted by Gasteiger charge is 2.36. The molecule has 2 fully saturated rings. The summed E-state index contributed by atoms with van der Waals surface area (Å²) in [5, 5.41) is 11.2. The molecule has 3 rings (SSSR count). The first-order chi connectivity index (χ1) is 12.0. The fourth-order valence-corrected chi connectivity index (χ4v) is 4.47. The zero-order valence-electron chi connectivity index (χ0n) is 15.1. The van der Waals surface area contributed by atoms with Gasteiger partial charge >= 0.3 is 0 Å². The summed E-state index contributed by atoms with van der Waals surface area (Å²) in [7, 11) is 0. The number of likely N-dealkylation sites (tertiary alicyclic amines) is 2. The smallest absolute Gasteiger partial charge is 0.273 e. The number of benzene rings is 1. The number of nitro groups is 1. The van der Waals surface area contributed by atoms with Crippen molar-refractivity contribution >= 4 is 11.6 Å². The molecule has 2 aliphatic rings. The standard InChI is InChI=1S/C19H27N3O3/c1-14-9-10-15(2)21(14)17-7-5-11-20(13-17)19(23)12-16-6-3-4-8-18(16)22(24)25/h3-4,6,8,14-15,17H,5,7,9-13H2,1-2H3/t14-,15+,17-/m0/s1. The predicted octanol–water partition coefficient (Wildman–Crippen LogP) is 3.00. The van der Waals surface area contributed by atoms with Gasteiger partial charge in [0.05, 0.1) is 11.3 Å². The van der Waals surface area contributed by atoms with Gasteiger partial charge in [0.1, 0.15) is 0 Å². The van der Waals surface area contributed by atoms with Gasteiger partial charge < -0.3 is 4.90 Å². The Balaban J connectivity index is 1.67. The second-order valence-corrected chi connectivity index (χ2v) is 7.42. The van der Waals surface area contributed by atoms with E-state index in [4.69, 9.17) is 0 Å². The molecule has 3 atom stereocenters. The average molecular weight is 345 g/mol. The summed E-state index contributed by atoms with van der Waals surface area (Å²) in [4.78, 5) is 28.0. The molecule has 1 aromatic carbocycles. The van der Waals surface area contributed by atoms with Crippen molar-refractivity contribution in [2.75, 3.05) is 13.1 Å². The van der Waals surface area contributed by atoms with Crippen LogP contribution < -0.4 is 0 Å². The molecule has 6 heteroatoms. The van der Waals surface area contributed by atoms with Crippen molar-refractivity contribution in [1.82, 2.24) is 9.80 Å². The number of nitro benzene ring substituents is 1. The molecule has 0 radical (unpaired) electrons. The molecule has 0 bridgehead atoms. The lowest BCUT2D eigenvalue weighted by molar-refractivity contribution is -0.385. The fourth-order valence-electron chi connectivity index (χ4n) is 4.47. The van der Waals surface area contributed by atoms with Gasteiger partial charge in [0.15, 0.2) is 0 Å². The molecule has 0 saturated carbocycles. The zero-order chi connectivity index (χ0) is 18.0. The van der Waals surface area contributed by atoms with Gasteiger partial charge in [0.25, 0.3) is 5.69 Å². The Labute approximate surface area is 148 Å². The number of amides is 1. The van der Waals surface area contributed by atoms with Gasteiger partial charge in [-0.15, -0.1) is 0 Å². The number of piperidine rings is 1. The fraction of sp³-hybridized carbons (Fsp3) is 0.632. The van der Waals surface area contributed by atoms with Gasteiger partial charge in [-0.1, -0.05) is 18.2 Å². The highest BCUT2D eigenvalue weighted by Crippen LogP contribution is 2.30. The first-order valence-corrected chi connectivity index (χ1v) is 9.25. The van der Waals surface area contributed by atoms with Crippen molar-refractivity contribution in [3.63, 3.8) is 0 Å². The van der Waals surface area contributed by atoms with E-state index in [1.54, 1.807) is 18.2 Å². The minimum Gasteiger partial charge on any atom is -0.341 e. The molecule has 136 valence electrons. The van der Waals surface area contributed by atoms with E-state index in [9.17, 15) is 14.9 Å². The monoisotopic (exact) mass is 345 g/mol. The zero-order valence-corrected chi connectivity index (χ0v) is 15.1. The molecular weight excluding hydrogens is 318 g/mol. The second kappa shape index (κ2) is 7.52. The normalized spacial score (nSPS) is 27.4. The van der Waals surface area contributed by atoms with Crippen molar-refractivity contribution in [3.8, 4) is 0 Å². The van der Waals surface area contributed by atoms with Crippen LogP contribution in [0.3, 0.4) is 0 Å². The van der Waals surface area contributed by atoms with Crippen molar-refractivity contribution in [2.24, 2.45) is 0 Å². The van der Waals surface area contributed by atoms with Crippen LogP contribution in [0.15, 0.2) is 24.3 Å². The van der Waals surface area contributed by atoms with Gasteiger partial charge in [-0.2, -0.15) is 0 Å². The van der Waals surface area contributed by atoms with E-state index in [0.29, 0.717) is 23.7 Å². The molecule has 0 aliphatic carbocycles. The predicted molar refractivity (Wildman–Crippen MR) is 96.4 cm³/mol. The molecule has 2 saturated heterocycles. The molecule has 1 amide bonds. The minimum absolute atomic E-state index is 0.00139. The van der Waals surface area contributed by atoms with Crippen LogP contribution in [0, 0.1) is 10.1 Å². The van der Waals surface area contributed by atoms with E-state index in [0.717, 1.165) is 25.9 Å². The Morgan fingerprint density at radius 3 is 2.56 bits per heavy atom. The van der Waals surface area contributed by atoms with Gasteiger partial charge in [-0.25, -0.2) is 0 Å². The van der Waals surface area contributed by atoms with E-state index in [1.807, 2.05) is 4.90 Å². The third-order valence-electron chi connectivity index (χ3n) is 5.72.